The molecule has 0 amide bonds. The lowest BCUT2D eigenvalue weighted by Gasteiger charge is -2.13. The molecule has 1 unspecified atom stereocenters. The van der Waals surface area contributed by atoms with Crippen molar-refractivity contribution in [3.63, 3.8) is 0 Å². The van der Waals surface area contributed by atoms with Crippen LogP contribution < -0.4 is 4.74 Å². The van der Waals surface area contributed by atoms with Gasteiger partial charge in [0, 0.05) is 0 Å². The van der Waals surface area contributed by atoms with Crippen molar-refractivity contribution >= 4 is 11.6 Å². The Morgan fingerprint density at radius 3 is 2.44 bits per heavy atom. The number of aryl methyl sites for hydroxylation is 1. The van der Waals surface area contributed by atoms with E-state index >= 15 is 0 Å². The van der Waals surface area contributed by atoms with E-state index in [0.29, 0.717) is 10.8 Å². The summed E-state index contributed by atoms with van der Waals surface area (Å²) >= 11 is 6.06. The van der Waals surface area contributed by atoms with Crippen molar-refractivity contribution in [1.82, 2.24) is 0 Å². The monoisotopic (exact) mass is 262 g/mol. The Hall–Kier alpha value is -1.51. The number of benzene rings is 2. The molecular formula is C15H15ClO2. The van der Waals surface area contributed by atoms with Gasteiger partial charge in [-0.25, -0.2) is 0 Å². The van der Waals surface area contributed by atoms with E-state index in [1.54, 1.807) is 19.2 Å². The van der Waals surface area contributed by atoms with Gasteiger partial charge in [-0.3, -0.25) is 0 Å². The van der Waals surface area contributed by atoms with E-state index in [1.807, 2.05) is 37.3 Å². The zero-order valence-electron chi connectivity index (χ0n) is 10.4. The summed E-state index contributed by atoms with van der Waals surface area (Å²) in [7, 11) is 1.57. The second-order valence-electron chi connectivity index (χ2n) is 4.21. The average molecular weight is 263 g/mol. The van der Waals surface area contributed by atoms with E-state index in [-0.39, 0.29) is 0 Å². The summed E-state index contributed by atoms with van der Waals surface area (Å²) in [4.78, 5) is 0. The molecule has 94 valence electrons. The van der Waals surface area contributed by atoms with Crippen LogP contribution in [0, 0.1) is 6.92 Å². The molecule has 0 heterocycles. The molecule has 3 heteroatoms. The maximum atomic E-state index is 10.3. The molecule has 0 radical (unpaired) electrons. The third-order valence-corrected chi connectivity index (χ3v) is 3.14. The molecule has 2 aromatic rings. The minimum atomic E-state index is -0.673. The van der Waals surface area contributed by atoms with Crippen LogP contribution in [0.3, 0.4) is 0 Å². The van der Waals surface area contributed by atoms with Crippen LogP contribution in [0.4, 0.5) is 0 Å². The molecular weight excluding hydrogens is 248 g/mol. The summed E-state index contributed by atoms with van der Waals surface area (Å²) in [5, 5.41) is 10.8. The second kappa shape index (κ2) is 5.42. The molecule has 0 saturated heterocycles. The summed E-state index contributed by atoms with van der Waals surface area (Å²) in [6, 6.07) is 13.1. The van der Waals surface area contributed by atoms with Crippen molar-refractivity contribution in [3.05, 3.63) is 64.2 Å². The third-order valence-electron chi connectivity index (χ3n) is 2.85. The number of hydrogen-bond acceptors (Lipinski definition) is 2. The maximum Gasteiger partial charge on any atom is 0.137 e. The molecule has 0 aromatic heterocycles. The van der Waals surface area contributed by atoms with Crippen molar-refractivity contribution in [2.45, 2.75) is 13.0 Å². The summed E-state index contributed by atoms with van der Waals surface area (Å²) < 4.78 is 5.09. The zero-order valence-corrected chi connectivity index (χ0v) is 11.1. The van der Waals surface area contributed by atoms with Gasteiger partial charge in [0.15, 0.2) is 0 Å². The predicted molar refractivity (Wildman–Crippen MR) is 73.2 cm³/mol. The van der Waals surface area contributed by atoms with Crippen molar-refractivity contribution in [2.75, 3.05) is 7.11 Å². The highest BCUT2D eigenvalue weighted by atomic mass is 35.5. The zero-order chi connectivity index (χ0) is 13.1. The van der Waals surface area contributed by atoms with Gasteiger partial charge in [-0.15, -0.1) is 0 Å². The van der Waals surface area contributed by atoms with Gasteiger partial charge in [0.2, 0.25) is 0 Å². The summed E-state index contributed by atoms with van der Waals surface area (Å²) in [5.41, 5.74) is 2.73. The number of halogens is 1. The molecule has 0 aliphatic rings. The first-order chi connectivity index (χ1) is 8.61. The first kappa shape index (κ1) is 12.9. The van der Waals surface area contributed by atoms with Crippen LogP contribution in [-0.2, 0) is 0 Å². The fourth-order valence-corrected chi connectivity index (χ4v) is 2.15. The third kappa shape index (κ3) is 2.66. The van der Waals surface area contributed by atoms with Crippen LogP contribution in [0.15, 0.2) is 42.5 Å². The van der Waals surface area contributed by atoms with Gasteiger partial charge in [-0.05, 0) is 30.2 Å². The van der Waals surface area contributed by atoms with Gasteiger partial charge in [-0.1, -0.05) is 47.5 Å². The van der Waals surface area contributed by atoms with E-state index in [1.165, 1.54) is 0 Å². The molecule has 2 nitrogen and oxygen atoms in total. The van der Waals surface area contributed by atoms with Gasteiger partial charge < -0.3 is 9.84 Å². The topological polar surface area (TPSA) is 29.5 Å². The van der Waals surface area contributed by atoms with Crippen molar-refractivity contribution < 1.29 is 9.84 Å². The lowest BCUT2D eigenvalue weighted by Crippen LogP contribution is -2.00. The molecule has 0 aliphatic carbocycles. The fourth-order valence-electron chi connectivity index (χ4n) is 1.89. The number of hydrogen-bond donors (Lipinski definition) is 1. The van der Waals surface area contributed by atoms with Crippen LogP contribution in [0.5, 0.6) is 5.75 Å². The molecule has 0 spiro atoms. The average Bonchev–Trinajstić information content (AvgIpc) is 2.37. The van der Waals surface area contributed by atoms with Gasteiger partial charge in [0.05, 0.1) is 12.1 Å². The van der Waals surface area contributed by atoms with Crippen LogP contribution in [-0.4, -0.2) is 12.2 Å². The highest BCUT2D eigenvalue weighted by molar-refractivity contribution is 6.32. The first-order valence-corrected chi connectivity index (χ1v) is 6.07. The SMILES string of the molecule is COc1ccc(C(O)c2cccc(C)c2)cc1Cl. The Morgan fingerprint density at radius 2 is 1.83 bits per heavy atom. The maximum absolute atomic E-state index is 10.3. The highest BCUT2D eigenvalue weighted by Gasteiger charge is 2.12. The van der Waals surface area contributed by atoms with Gasteiger partial charge in [0.1, 0.15) is 11.9 Å². The number of aliphatic hydroxyl groups excluding tert-OH is 1. The molecule has 0 fully saturated rings. The molecule has 1 atom stereocenters. The number of rotatable bonds is 3. The number of aliphatic hydroxyl groups is 1. The van der Waals surface area contributed by atoms with Gasteiger partial charge in [-0.2, -0.15) is 0 Å². The molecule has 2 aromatic carbocycles. The highest BCUT2D eigenvalue weighted by Crippen LogP contribution is 2.30. The molecule has 2 rings (SSSR count). The summed E-state index contributed by atoms with van der Waals surface area (Å²) in [5.74, 6) is 0.608. The Bertz CT molecular complexity index is 552. The van der Waals surface area contributed by atoms with Crippen molar-refractivity contribution in [3.8, 4) is 5.75 Å². The molecule has 0 aliphatic heterocycles. The number of methoxy groups -OCH3 is 1. The van der Waals surface area contributed by atoms with Gasteiger partial charge in [0.25, 0.3) is 0 Å². The fraction of sp³-hybridized carbons (Fsp3) is 0.200. The largest absolute Gasteiger partial charge is 0.495 e. The quantitative estimate of drug-likeness (QED) is 0.913. The lowest BCUT2D eigenvalue weighted by molar-refractivity contribution is 0.220. The first-order valence-electron chi connectivity index (χ1n) is 5.70. The normalized spacial score (nSPS) is 12.2. The minimum absolute atomic E-state index is 0.502. The summed E-state index contributed by atoms with van der Waals surface area (Å²) in [6.07, 6.45) is -0.673. The molecule has 1 N–H and O–H groups in total. The Balaban J connectivity index is 2.34. The van der Waals surface area contributed by atoms with E-state index in [2.05, 4.69) is 0 Å². The molecule has 0 saturated carbocycles. The van der Waals surface area contributed by atoms with Gasteiger partial charge >= 0.3 is 0 Å². The van der Waals surface area contributed by atoms with Crippen LogP contribution >= 0.6 is 11.6 Å². The second-order valence-corrected chi connectivity index (χ2v) is 4.62. The van der Waals surface area contributed by atoms with Crippen molar-refractivity contribution in [1.29, 1.82) is 0 Å². The van der Waals surface area contributed by atoms with Crippen LogP contribution in [0.1, 0.15) is 22.8 Å². The van der Waals surface area contributed by atoms with E-state index in [0.717, 1.165) is 16.7 Å². The lowest BCUT2D eigenvalue weighted by atomic mass is 10.00. The van der Waals surface area contributed by atoms with E-state index in [4.69, 9.17) is 16.3 Å². The van der Waals surface area contributed by atoms with Crippen LogP contribution in [0.25, 0.3) is 0 Å². The summed E-state index contributed by atoms with van der Waals surface area (Å²) in [6.45, 7) is 2.00. The predicted octanol–water partition coefficient (Wildman–Crippen LogP) is 3.74. The van der Waals surface area contributed by atoms with Crippen LogP contribution in [0.2, 0.25) is 5.02 Å². The van der Waals surface area contributed by atoms with E-state index in [9.17, 15) is 5.11 Å². The molecule has 0 bridgehead atoms. The standard InChI is InChI=1S/C15H15ClO2/c1-10-4-3-5-11(8-10)15(17)12-6-7-14(18-2)13(16)9-12/h3-9,15,17H,1-2H3. The smallest absolute Gasteiger partial charge is 0.137 e. The Morgan fingerprint density at radius 1 is 1.11 bits per heavy atom. The Labute approximate surface area is 112 Å². The Kier molecular flexibility index (Phi) is 3.90. The van der Waals surface area contributed by atoms with E-state index < -0.39 is 6.10 Å². The number of ether oxygens (including phenoxy) is 1. The minimum Gasteiger partial charge on any atom is -0.495 e. The van der Waals surface area contributed by atoms with Crippen molar-refractivity contribution in [2.24, 2.45) is 0 Å². The molecule has 18 heavy (non-hydrogen) atoms.